The predicted octanol–water partition coefficient (Wildman–Crippen LogP) is 3.43. The summed E-state index contributed by atoms with van der Waals surface area (Å²) < 4.78 is 25.1. The minimum atomic E-state index is -0.648. The maximum Gasteiger partial charge on any atom is 0.323 e. The zero-order valence-electron chi connectivity index (χ0n) is 15.1. The first-order valence-electron chi connectivity index (χ1n) is 8.38. The lowest BCUT2D eigenvalue weighted by atomic mass is 10.1. The van der Waals surface area contributed by atoms with E-state index in [2.05, 4.69) is 16.0 Å². The van der Waals surface area contributed by atoms with E-state index in [0.29, 0.717) is 35.7 Å². The number of hydrogen-bond donors (Lipinski definition) is 3. The second-order valence-electron chi connectivity index (χ2n) is 5.91. The number of methoxy groups -OCH3 is 1. The molecule has 28 heavy (non-hydrogen) atoms. The number of urea groups is 1. The molecule has 1 aliphatic heterocycles. The molecule has 2 aromatic rings. The van der Waals surface area contributed by atoms with Crippen LogP contribution in [0.4, 0.5) is 20.6 Å². The van der Waals surface area contributed by atoms with Crippen molar-refractivity contribution in [1.82, 2.24) is 5.32 Å². The molecule has 0 saturated carbocycles. The number of benzene rings is 2. The van der Waals surface area contributed by atoms with Crippen molar-refractivity contribution in [3.63, 3.8) is 0 Å². The van der Waals surface area contributed by atoms with E-state index in [4.69, 9.17) is 14.7 Å². The zero-order chi connectivity index (χ0) is 19.2. The Balaban J connectivity index is 0.00000280. The van der Waals surface area contributed by atoms with Gasteiger partial charge in [0.2, 0.25) is 0 Å². The Morgan fingerprint density at radius 1 is 1.29 bits per heavy atom. The summed E-state index contributed by atoms with van der Waals surface area (Å²) in [6, 6.07) is 10.5. The molecule has 1 heterocycles. The molecule has 2 aromatic carbocycles. The summed E-state index contributed by atoms with van der Waals surface area (Å²) in [4.78, 5) is 12.2. The molecular weight excluding hydrogens is 387 g/mol. The minimum Gasteiger partial charge on any atom is -0.495 e. The first-order valence-corrected chi connectivity index (χ1v) is 8.38. The number of carbonyl (C=O) groups is 1. The van der Waals surface area contributed by atoms with E-state index in [-0.39, 0.29) is 24.2 Å². The summed E-state index contributed by atoms with van der Waals surface area (Å²) in [6.45, 7) is 1.95. The average molecular weight is 407 g/mol. The molecule has 0 spiro atoms. The Labute approximate surface area is 168 Å². The number of halogens is 2. The Hall–Kier alpha value is -2.86. The van der Waals surface area contributed by atoms with Crippen molar-refractivity contribution in [3.05, 3.63) is 53.3 Å². The van der Waals surface area contributed by atoms with Crippen LogP contribution >= 0.6 is 12.4 Å². The summed E-state index contributed by atoms with van der Waals surface area (Å²) in [5.74, 6) is -0.170. The van der Waals surface area contributed by atoms with Crippen LogP contribution in [0.15, 0.2) is 36.4 Å². The molecule has 148 valence electrons. The quantitative estimate of drug-likeness (QED) is 0.723. The van der Waals surface area contributed by atoms with Gasteiger partial charge in [0, 0.05) is 13.1 Å². The van der Waals surface area contributed by atoms with Crippen LogP contribution in [0.2, 0.25) is 0 Å². The highest BCUT2D eigenvalue weighted by atomic mass is 35.5. The van der Waals surface area contributed by atoms with Crippen molar-refractivity contribution in [3.8, 4) is 11.8 Å². The van der Waals surface area contributed by atoms with E-state index in [9.17, 15) is 9.18 Å². The molecule has 3 N–H and O–H groups in total. The second kappa shape index (κ2) is 9.90. The smallest absolute Gasteiger partial charge is 0.323 e. The summed E-state index contributed by atoms with van der Waals surface area (Å²) in [6.07, 6.45) is -0.214. The van der Waals surface area contributed by atoms with Crippen LogP contribution in [0.3, 0.4) is 0 Å². The molecule has 9 heteroatoms. The zero-order valence-corrected chi connectivity index (χ0v) is 15.9. The van der Waals surface area contributed by atoms with Gasteiger partial charge in [0.25, 0.3) is 0 Å². The highest BCUT2D eigenvalue weighted by Gasteiger charge is 2.18. The summed E-state index contributed by atoms with van der Waals surface area (Å²) >= 11 is 0. The fourth-order valence-electron chi connectivity index (χ4n) is 2.76. The third-order valence-corrected chi connectivity index (χ3v) is 4.12. The lowest BCUT2D eigenvalue weighted by Gasteiger charge is -2.24. The monoisotopic (exact) mass is 406 g/mol. The van der Waals surface area contributed by atoms with Gasteiger partial charge in [-0.3, -0.25) is 0 Å². The summed E-state index contributed by atoms with van der Waals surface area (Å²) in [7, 11) is 1.45. The Bertz CT molecular complexity index is 882. The summed E-state index contributed by atoms with van der Waals surface area (Å²) in [5.41, 5.74) is 1.42. The van der Waals surface area contributed by atoms with E-state index < -0.39 is 11.8 Å². The number of morpholine rings is 1. The number of carbonyl (C=O) groups excluding carboxylic acids is 1. The molecule has 7 nitrogen and oxygen atoms in total. The van der Waals surface area contributed by atoms with E-state index in [1.807, 2.05) is 6.07 Å². The van der Waals surface area contributed by atoms with Crippen LogP contribution in [0.25, 0.3) is 0 Å². The van der Waals surface area contributed by atoms with E-state index >= 15 is 0 Å². The van der Waals surface area contributed by atoms with E-state index in [1.165, 1.54) is 25.3 Å². The van der Waals surface area contributed by atoms with Crippen molar-refractivity contribution in [2.75, 3.05) is 37.4 Å². The van der Waals surface area contributed by atoms with Gasteiger partial charge in [0.15, 0.2) is 0 Å². The minimum absolute atomic E-state index is 0. The van der Waals surface area contributed by atoms with Crippen molar-refractivity contribution in [2.24, 2.45) is 0 Å². The molecule has 1 aliphatic rings. The first kappa shape index (κ1) is 21.4. The number of ether oxygens (including phenoxy) is 2. The molecule has 1 saturated heterocycles. The molecule has 0 aromatic heterocycles. The Kier molecular flexibility index (Phi) is 7.58. The van der Waals surface area contributed by atoms with Gasteiger partial charge >= 0.3 is 6.03 Å². The van der Waals surface area contributed by atoms with Gasteiger partial charge in [0.05, 0.1) is 42.8 Å². The molecule has 0 aliphatic carbocycles. The third-order valence-electron chi connectivity index (χ3n) is 4.12. The normalized spacial score (nSPS) is 15.7. The van der Waals surface area contributed by atoms with Crippen LogP contribution in [-0.4, -0.2) is 32.8 Å². The largest absolute Gasteiger partial charge is 0.495 e. The Morgan fingerprint density at radius 3 is 2.71 bits per heavy atom. The number of hydrogen-bond acceptors (Lipinski definition) is 5. The fourth-order valence-corrected chi connectivity index (χ4v) is 2.76. The van der Waals surface area contributed by atoms with Gasteiger partial charge in [-0.1, -0.05) is 6.07 Å². The van der Waals surface area contributed by atoms with Crippen LogP contribution < -0.4 is 20.7 Å². The van der Waals surface area contributed by atoms with Gasteiger partial charge < -0.3 is 25.4 Å². The maximum absolute atomic E-state index is 14.4. The molecule has 0 unspecified atom stereocenters. The van der Waals surface area contributed by atoms with Crippen LogP contribution in [-0.2, 0) is 4.74 Å². The number of nitrogens with zero attached hydrogens (tertiary/aromatic N) is 1. The van der Waals surface area contributed by atoms with Crippen molar-refractivity contribution in [2.45, 2.75) is 6.10 Å². The number of amides is 2. The van der Waals surface area contributed by atoms with Gasteiger partial charge in [-0.25, -0.2) is 9.18 Å². The average Bonchev–Trinajstić information content (AvgIpc) is 2.70. The van der Waals surface area contributed by atoms with Crippen LogP contribution in [0, 0.1) is 17.1 Å². The van der Waals surface area contributed by atoms with Crippen molar-refractivity contribution >= 4 is 29.8 Å². The first-order chi connectivity index (χ1) is 13.1. The third kappa shape index (κ3) is 5.10. The second-order valence-corrected chi connectivity index (χ2v) is 5.91. The molecule has 0 bridgehead atoms. The van der Waals surface area contributed by atoms with Crippen molar-refractivity contribution < 1.29 is 18.7 Å². The van der Waals surface area contributed by atoms with Gasteiger partial charge in [-0.2, -0.15) is 5.26 Å². The van der Waals surface area contributed by atoms with Crippen molar-refractivity contribution in [1.29, 1.82) is 5.26 Å². The predicted molar refractivity (Wildman–Crippen MR) is 106 cm³/mol. The number of anilines is 2. The van der Waals surface area contributed by atoms with Gasteiger partial charge in [-0.15, -0.1) is 12.4 Å². The molecule has 1 atom stereocenters. The molecule has 3 rings (SSSR count). The van der Waals surface area contributed by atoms with E-state index in [1.54, 1.807) is 18.2 Å². The molecule has 2 amide bonds. The summed E-state index contributed by atoms with van der Waals surface area (Å²) in [5, 5.41) is 17.2. The van der Waals surface area contributed by atoms with Crippen LogP contribution in [0.1, 0.15) is 17.2 Å². The SMILES string of the molecule is COc1ccc(C#N)cc1NC(=O)Nc1ccc([C@@H]2CNCCO2)cc1F.Cl. The fraction of sp³-hybridized carbons (Fsp3) is 0.263. The number of nitrogens with one attached hydrogen (secondary N) is 3. The van der Waals surface area contributed by atoms with Gasteiger partial charge in [0.1, 0.15) is 11.6 Å². The van der Waals surface area contributed by atoms with E-state index in [0.717, 1.165) is 6.54 Å². The Morgan fingerprint density at radius 2 is 2.07 bits per heavy atom. The van der Waals surface area contributed by atoms with Gasteiger partial charge in [-0.05, 0) is 35.9 Å². The standard InChI is InChI=1S/C19H19FN4O3.ClH/c1-26-17-5-2-12(10-21)8-16(17)24-19(25)23-15-4-3-13(9-14(15)20)18-11-22-6-7-27-18;/h2-5,8-9,18,22H,6-7,11H2,1H3,(H2,23,24,25);1H/t18-;/m0./s1. The highest BCUT2D eigenvalue weighted by Crippen LogP contribution is 2.26. The highest BCUT2D eigenvalue weighted by molar-refractivity contribution is 6.00. The topological polar surface area (TPSA) is 95.4 Å². The number of rotatable bonds is 4. The molecular formula is C19H20ClFN4O3. The maximum atomic E-state index is 14.4. The lowest BCUT2D eigenvalue weighted by molar-refractivity contribution is 0.0275. The molecule has 0 radical (unpaired) electrons. The number of nitriles is 1. The lowest BCUT2D eigenvalue weighted by Crippen LogP contribution is -2.33. The van der Waals surface area contributed by atoms with Crippen LogP contribution in [0.5, 0.6) is 5.75 Å². The molecule has 1 fully saturated rings.